The molecule has 0 atom stereocenters. The summed E-state index contributed by atoms with van der Waals surface area (Å²) in [4.78, 5) is 12.4. The van der Waals surface area contributed by atoms with E-state index in [1.807, 2.05) is 6.07 Å². The number of carbonyl (C=O) groups excluding carboxylic acids is 1. The van der Waals surface area contributed by atoms with Gasteiger partial charge in [0.1, 0.15) is 0 Å². The molecular formula is C12H17ClN2OS. The molecule has 0 saturated heterocycles. The second-order valence-corrected chi connectivity index (χ2v) is 5.11. The molecule has 0 unspecified atom stereocenters. The van der Waals surface area contributed by atoms with Gasteiger partial charge in [-0.25, -0.2) is 0 Å². The topological polar surface area (TPSA) is 55.1 Å². The fourth-order valence-electron chi connectivity index (χ4n) is 1.23. The summed E-state index contributed by atoms with van der Waals surface area (Å²) in [5.41, 5.74) is 6.22. The van der Waals surface area contributed by atoms with E-state index in [1.54, 1.807) is 12.1 Å². The lowest BCUT2D eigenvalue weighted by molar-refractivity contribution is -0.118. The van der Waals surface area contributed by atoms with E-state index in [1.165, 1.54) is 11.8 Å². The van der Waals surface area contributed by atoms with Crippen molar-refractivity contribution in [2.45, 2.75) is 24.7 Å². The van der Waals surface area contributed by atoms with E-state index < -0.39 is 0 Å². The van der Waals surface area contributed by atoms with Crippen molar-refractivity contribution in [3.05, 3.63) is 23.2 Å². The van der Waals surface area contributed by atoms with Crippen LogP contribution in [0.1, 0.15) is 19.8 Å². The van der Waals surface area contributed by atoms with Crippen molar-refractivity contribution in [2.75, 3.05) is 18.0 Å². The molecule has 1 rings (SSSR count). The summed E-state index contributed by atoms with van der Waals surface area (Å²) in [5, 5.41) is 3.45. The van der Waals surface area contributed by atoms with Gasteiger partial charge in [0.15, 0.2) is 0 Å². The lowest BCUT2D eigenvalue weighted by atomic mass is 10.3. The molecule has 0 heterocycles. The van der Waals surface area contributed by atoms with Crippen LogP contribution in [0.25, 0.3) is 0 Å². The van der Waals surface area contributed by atoms with Crippen LogP contribution >= 0.6 is 23.4 Å². The number of benzene rings is 1. The number of halogens is 1. The first-order valence-corrected chi connectivity index (χ1v) is 6.94. The third-order valence-electron chi connectivity index (χ3n) is 2.17. The summed E-state index contributed by atoms with van der Waals surface area (Å²) in [6.45, 7) is 2.83. The smallest absolute Gasteiger partial charge is 0.230 e. The lowest BCUT2D eigenvalue weighted by Gasteiger charge is -2.06. The molecule has 3 N–H and O–H groups in total. The molecule has 1 aromatic rings. The SMILES string of the molecule is CCCCNC(=O)CSc1ccc(N)cc1Cl. The predicted molar refractivity (Wildman–Crippen MR) is 74.5 cm³/mol. The van der Waals surface area contributed by atoms with Gasteiger partial charge in [-0.1, -0.05) is 24.9 Å². The highest BCUT2D eigenvalue weighted by Crippen LogP contribution is 2.28. The number of nitrogens with two attached hydrogens (primary N) is 1. The third-order valence-corrected chi connectivity index (χ3v) is 3.67. The monoisotopic (exact) mass is 272 g/mol. The molecule has 0 spiro atoms. The van der Waals surface area contributed by atoms with Crippen molar-refractivity contribution in [3.8, 4) is 0 Å². The Balaban J connectivity index is 2.37. The largest absolute Gasteiger partial charge is 0.399 e. The van der Waals surface area contributed by atoms with Crippen LogP contribution < -0.4 is 11.1 Å². The number of unbranched alkanes of at least 4 members (excludes halogenated alkanes) is 1. The van der Waals surface area contributed by atoms with Gasteiger partial charge >= 0.3 is 0 Å². The lowest BCUT2D eigenvalue weighted by Crippen LogP contribution is -2.25. The molecule has 5 heteroatoms. The summed E-state index contributed by atoms with van der Waals surface area (Å²) in [5.74, 6) is 0.421. The number of thioether (sulfide) groups is 1. The molecule has 17 heavy (non-hydrogen) atoms. The Morgan fingerprint density at radius 3 is 2.94 bits per heavy atom. The molecule has 0 aliphatic heterocycles. The highest BCUT2D eigenvalue weighted by molar-refractivity contribution is 8.00. The maximum Gasteiger partial charge on any atom is 0.230 e. The second-order valence-electron chi connectivity index (χ2n) is 3.68. The van der Waals surface area contributed by atoms with Gasteiger partial charge in [-0.05, 0) is 24.6 Å². The number of nitrogens with one attached hydrogen (secondary N) is 1. The van der Waals surface area contributed by atoms with Gasteiger partial charge in [-0.15, -0.1) is 11.8 Å². The van der Waals surface area contributed by atoms with E-state index >= 15 is 0 Å². The molecule has 0 aromatic heterocycles. The Labute approximate surface area is 111 Å². The van der Waals surface area contributed by atoms with Crippen molar-refractivity contribution < 1.29 is 4.79 Å². The highest BCUT2D eigenvalue weighted by atomic mass is 35.5. The standard InChI is InChI=1S/C12H17ClN2OS/c1-2-3-6-15-12(16)8-17-11-5-4-9(14)7-10(11)13/h4-5,7H,2-3,6,8,14H2,1H3,(H,15,16). The number of nitrogen functional groups attached to an aromatic ring is 1. The minimum Gasteiger partial charge on any atom is -0.399 e. The zero-order valence-electron chi connectivity index (χ0n) is 9.83. The van der Waals surface area contributed by atoms with Crippen molar-refractivity contribution in [1.29, 1.82) is 0 Å². The van der Waals surface area contributed by atoms with Crippen molar-refractivity contribution >= 4 is 35.0 Å². The van der Waals surface area contributed by atoms with E-state index in [4.69, 9.17) is 17.3 Å². The molecule has 1 amide bonds. The van der Waals surface area contributed by atoms with Gasteiger partial charge in [0, 0.05) is 17.1 Å². The van der Waals surface area contributed by atoms with Crippen LogP contribution in [-0.2, 0) is 4.79 Å². The van der Waals surface area contributed by atoms with Gasteiger partial charge in [-0.2, -0.15) is 0 Å². The molecule has 0 radical (unpaired) electrons. The molecular weight excluding hydrogens is 256 g/mol. The molecule has 0 aliphatic rings. The van der Waals surface area contributed by atoms with Crippen LogP contribution in [0.15, 0.2) is 23.1 Å². The van der Waals surface area contributed by atoms with Crippen LogP contribution in [0.4, 0.5) is 5.69 Å². The van der Waals surface area contributed by atoms with Gasteiger partial charge in [-0.3, -0.25) is 4.79 Å². The molecule has 0 fully saturated rings. The zero-order chi connectivity index (χ0) is 12.7. The molecule has 1 aromatic carbocycles. The number of hydrogen-bond donors (Lipinski definition) is 2. The minimum absolute atomic E-state index is 0.0383. The maximum absolute atomic E-state index is 11.5. The Kier molecular flexibility index (Phi) is 6.22. The molecule has 0 aliphatic carbocycles. The highest BCUT2D eigenvalue weighted by Gasteiger charge is 2.05. The van der Waals surface area contributed by atoms with E-state index in [2.05, 4.69) is 12.2 Å². The summed E-state index contributed by atoms with van der Waals surface area (Å²) in [6, 6.07) is 5.31. The normalized spacial score (nSPS) is 10.2. The van der Waals surface area contributed by atoms with Gasteiger partial charge in [0.25, 0.3) is 0 Å². The molecule has 0 bridgehead atoms. The fraction of sp³-hybridized carbons (Fsp3) is 0.417. The van der Waals surface area contributed by atoms with Crippen LogP contribution in [0, 0.1) is 0 Å². The minimum atomic E-state index is 0.0383. The Morgan fingerprint density at radius 1 is 1.53 bits per heavy atom. The first-order chi connectivity index (χ1) is 8.13. The third kappa shape index (κ3) is 5.33. The quantitative estimate of drug-likeness (QED) is 0.476. The Hall–Kier alpha value is -0.870. The summed E-state index contributed by atoms with van der Waals surface area (Å²) >= 11 is 7.43. The Morgan fingerprint density at radius 2 is 2.29 bits per heavy atom. The molecule has 0 saturated carbocycles. The van der Waals surface area contributed by atoms with E-state index in [0.717, 1.165) is 24.3 Å². The predicted octanol–water partition coefficient (Wildman–Crippen LogP) is 2.93. The average Bonchev–Trinajstić information content (AvgIpc) is 2.28. The summed E-state index contributed by atoms with van der Waals surface area (Å²) in [6.07, 6.45) is 2.09. The van der Waals surface area contributed by atoms with Crippen LogP contribution in [0.3, 0.4) is 0 Å². The average molecular weight is 273 g/mol. The van der Waals surface area contributed by atoms with E-state index in [-0.39, 0.29) is 5.91 Å². The number of amides is 1. The molecule has 3 nitrogen and oxygen atoms in total. The zero-order valence-corrected chi connectivity index (χ0v) is 11.4. The number of carbonyl (C=O) groups is 1. The van der Waals surface area contributed by atoms with Gasteiger partial charge in [0.2, 0.25) is 5.91 Å². The van der Waals surface area contributed by atoms with Crippen molar-refractivity contribution in [1.82, 2.24) is 5.32 Å². The molecule has 94 valence electrons. The van der Waals surface area contributed by atoms with Gasteiger partial charge < -0.3 is 11.1 Å². The Bertz CT molecular complexity index is 385. The van der Waals surface area contributed by atoms with Gasteiger partial charge in [0.05, 0.1) is 10.8 Å². The number of hydrogen-bond acceptors (Lipinski definition) is 3. The first-order valence-electron chi connectivity index (χ1n) is 5.58. The van der Waals surface area contributed by atoms with Crippen molar-refractivity contribution in [3.63, 3.8) is 0 Å². The fourth-order valence-corrected chi connectivity index (χ4v) is 2.34. The second kappa shape index (κ2) is 7.45. The number of rotatable bonds is 6. The van der Waals surface area contributed by atoms with Crippen LogP contribution in [-0.4, -0.2) is 18.2 Å². The van der Waals surface area contributed by atoms with Crippen LogP contribution in [0.2, 0.25) is 5.02 Å². The number of anilines is 1. The van der Waals surface area contributed by atoms with Crippen molar-refractivity contribution in [2.24, 2.45) is 0 Å². The van der Waals surface area contributed by atoms with E-state index in [0.29, 0.717) is 16.5 Å². The summed E-state index contributed by atoms with van der Waals surface area (Å²) < 4.78 is 0. The van der Waals surface area contributed by atoms with Crippen LogP contribution in [0.5, 0.6) is 0 Å². The first kappa shape index (κ1) is 14.2. The van der Waals surface area contributed by atoms with E-state index in [9.17, 15) is 4.79 Å². The summed E-state index contributed by atoms with van der Waals surface area (Å²) in [7, 11) is 0. The maximum atomic E-state index is 11.5.